The second-order valence-electron chi connectivity index (χ2n) is 4.19. The zero-order valence-electron chi connectivity index (χ0n) is 9.61. The monoisotopic (exact) mass is 270 g/mol. The largest absolute Gasteiger partial charge is 0.392 e. The number of aliphatic hydroxyl groups is 1. The zero-order valence-corrected chi connectivity index (χ0v) is 10.4. The molecule has 1 amide bonds. The standard InChI is InChI=1S/C11H14N2O4S/c12-11(15)8-1-3-10(4-2-8)18(16,17)13-6-5-9(14)7-13/h1-4,9,14H,5-7H2,(H2,12,15). The van der Waals surface area contributed by atoms with E-state index < -0.39 is 22.0 Å². The number of carbonyl (C=O) groups is 1. The summed E-state index contributed by atoms with van der Waals surface area (Å²) < 4.78 is 25.6. The summed E-state index contributed by atoms with van der Waals surface area (Å²) in [4.78, 5) is 11.0. The predicted octanol–water partition coefficient (Wildman–Crippen LogP) is -0.459. The second-order valence-corrected chi connectivity index (χ2v) is 6.13. The van der Waals surface area contributed by atoms with Gasteiger partial charge in [-0.1, -0.05) is 0 Å². The molecule has 0 aliphatic carbocycles. The smallest absolute Gasteiger partial charge is 0.248 e. The third-order valence-corrected chi connectivity index (χ3v) is 4.78. The van der Waals surface area contributed by atoms with Crippen LogP contribution in [0.3, 0.4) is 0 Å². The predicted molar refractivity (Wildman–Crippen MR) is 64.3 cm³/mol. The Labute approximate surface area is 105 Å². The summed E-state index contributed by atoms with van der Waals surface area (Å²) in [6, 6.07) is 5.45. The molecule has 2 rings (SSSR count). The Balaban J connectivity index is 2.27. The van der Waals surface area contributed by atoms with Gasteiger partial charge in [0.05, 0.1) is 11.0 Å². The van der Waals surface area contributed by atoms with E-state index in [2.05, 4.69) is 0 Å². The summed E-state index contributed by atoms with van der Waals surface area (Å²) in [6.07, 6.45) is -0.164. The lowest BCUT2D eigenvalue weighted by atomic mass is 10.2. The van der Waals surface area contributed by atoms with Gasteiger partial charge in [0, 0.05) is 18.7 Å². The van der Waals surface area contributed by atoms with Crippen molar-refractivity contribution in [2.24, 2.45) is 5.73 Å². The van der Waals surface area contributed by atoms with Gasteiger partial charge >= 0.3 is 0 Å². The summed E-state index contributed by atoms with van der Waals surface area (Å²) >= 11 is 0. The number of amides is 1. The quantitative estimate of drug-likeness (QED) is 0.776. The third-order valence-electron chi connectivity index (χ3n) is 2.90. The Morgan fingerprint density at radius 3 is 2.39 bits per heavy atom. The molecule has 1 aromatic rings. The van der Waals surface area contributed by atoms with Gasteiger partial charge < -0.3 is 10.8 Å². The van der Waals surface area contributed by atoms with Crippen LogP contribution in [0.1, 0.15) is 16.8 Å². The van der Waals surface area contributed by atoms with E-state index in [1.807, 2.05) is 0 Å². The number of hydrogen-bond acceptors (Lipinski definition) is 4. The van der Waals surface area contributed by atoms with Crippen molar-refractivity contribution in [1.29, 1.82) is 0 Å². The van der Waals surface area contributed by atoms with Gasteiger partial charge in [-0.05, 0) is 30.7 Å². The molecule has 1 fully saturated rings. The molecule has 1 unspecified atom stereocenters. The molecule has 1 atom stereocenters. The minimum absolute atomic E-state index is 0.0987. The zero-order chi connectivity index (χ0) is 13.3. The van der Waals surface area contributed by atoms with Crippen molar-refractivity contribution in [2.45, 2.75) is 17.4 Å². The normalized spacial score (nSPS) is 21.1. The van der Waals surface area contributed by atoms with E-state index in [1.54, 1.807) is 0 Å². The molecule has 7 heteroatoms. The molecule has 0 spiro atoms. The highest BCUT2D eigenvalue weighted by Crippen LogP contribution is 2.21. The number of primary amides is 1. The van der Waals surface area contributed by atoms with Crippen molar-refractivity contribution in [2.75, 3.05) is 13.1 Å². The molecule has 18 heavy (non-hydrogen) atoms. The van der Waals surface area contributed by atoms with Gasteiger partial charge in [-0.15, -0.1) is 0 Å². The van der Waals surface area contributed by atoms with E-state index in [-0.39, 0.29) is 17.0 Å². The molecule has 1 saturated heterocycles. The summed E-state index contributed by atoms with van der Waals surface area (Å²) in [7, 11) is -3.59. The van der Waals surface area contributed by atoms with Crippen LogP contribution in [0.5, 0.6) is 0 Å². The number of sulfonamides is 1. The van der Waals surface area contributed by atoms with Crippen LogP contribution in [0.4, 0.5) is 0 Å². The molecule has 0 saturated carbocycles. The highest BCUT2D eigenvalue weighted by molar-refractivity contribution is 7.89. The number of carbonyl (C=O) groups excluding carboxylic acids is 1. The first kappa shape index (κ1) is 13.0. The van der Waals surface area contributed by atoms with Crippen LogP contribution < -0.4 is 5.73 Å². The molecule has 3 N–H and O–H groups in total. The Kier molecular flexibility index (Phi) is 3.38. The summed E-state index contributed by atoms with van der Waals surface area (Å²) in [5.74, 6) is -0.601. The number of nitrogens with two attached hydrogens (primary N) is 1. The van der Waals surface area contributed by atoms with Crippen molar-refractivity contribution < 1.29 is 18.3 Å². The minimum Gasteiger partial charge on any atom is -0.392 e. The fraction of sp³-hybridized carbons (Fsp3) is 0.364. The van der Waals surface area contributed by atoms with Crippen LogP contribution >= 0.6 is 0 Å². The number of nitrogens with zero attached hydrogens (tertiary/aromatic N) is 1. The molecular formula is C11H14N2O4S. The average Bonchev–Trinajstić information content (AvgIpc) is 2.76. The van der Waals surface area contributed by atoms with E-state index in [0.717, 1.165) is 0 Å². The topological polar surface area (TPSA) is 101 Å². The SMILES string of the molecule is NC(=O)c1ccc(S(=O)(=O)N2CCC(O)C2)cc1. The molecule has 0 aromatic heterocycles. The Morgan fingerprint density at radius 1 is 1.33 bits per heavy atom. The van der Waals surface area contributed by atoms with Crippen molar-refractivity contribution in [3.8, 4) is 0 Å². The van der Waals surface area contributed by atoms with Gasteiger partial charge in [0.15, 0.2) is 0 Å². The van der Waals surface area contributed by atoms with Crippen LogP contribution in [0.25, 0.3) is 0 Å². The van der Waals surface area contributed by atoms with Gasteiger partial charge in [-0.3, -0.25) is 4.79 Å². The van der Waals surface area contributed by atoms with Crippen LogP contribution in [-0.4, -0.2) is 42.9 Å². The van der Waals surface area contributed by atoms with Gasteiger partial charge in [0.25, 0.3) is 0 Å². The lowest BCUT2D eigenvalue weighted by Crippen LogP contribution is -2.29. The van der Waals surface area contributed by atoms with Crippen molar-refractivity contribution in [1.82, 2.24) is 4.31 Å². The van der Waals surface area contributed by atoms with Gasteiger partial charge in [0.1, 0.15) is 0 Å². The summed E-state index contributed by atoms with van der Waals surface area (Å²) in [6.45, 7) is 0.418. The molecule has 0 radical (unpaired) electrons. The van der Waals surface area contributed by atoms with Crippen molar-refractivity contribution in [3.63, 3.8) is 0 Å². The molecule has 1 heterocycles. The number of rotatable bonds is 3. The minimum atomic E-state index is -3.59. The van der Waals surface area contributed by atoms with Gasteiger partial charge in [-0.2, -0.15) is 4.31 Å². The van der Waals surface area contributed by atoms with Crippen LogP contribution in [0.2, 0.25) is 0 Å². The first-order valence-electron chi connectivity index (χ1n) is 5.49. The van der Waals surface area contributed by atoms with Crippen LogP contribution in [0, 0.1) is 0 Å². The molecule has 98 valence electrons. The maximum Gasteiger partial charge on any atom is 0.248 e. The van der Waals surface area contributed by atoms with Crippen molar-refractivity contribution >= 4 is 15.9 Å². The second kappa shape index (κ2) is 4.68. The fourth-order valence-corrected chi connectivity index (χ4v) is 3.36. The van der Waals surface area contributed by atoms with E-state index >= 15 is 0 Å². The van der Waals surface area contributed by atoms with Crippen molar-refractivity contribution in [3.05, 3.63) is 29.8 Å². The third kappa shape index (κ3) is 2.38. The Bertz CT molecular complexity index is 553. The molecular weight excluding hydrogens is 256 g/mol. The first-order chi connectivity index (χ1) is 8.41. The number of aliphatic hydroxyl groups excluding tert-OH is 1. The van der Waals surface area contributed by atoms with E-state index in [0.29, 0.717) is 13.0 Å². The van der Waals surface area contributed by atoms with Crippen LogP contribution in [0.15, 0.2) is 29.2 Å². The summed E-state index contributed by atoms with van der Waals surface area (Å²) in [5.41, 5.74) is 5.34. The maximum absolute atomic E-state index is 12.2. The van der Waals surface area contributed by atoms with Gasteiger partial charge in [0.2, 0.25) is 15.9 Å². The highest BCUT2D eigenvalue weighted by Gasteiger charge is 2.31. The van der Waals surface area contributed by atoms with E-state index in [9.17, 15) is 18.3 Å². The average molecular weight is 270 g/mol. The highest BCUT2D eigenvalue weighted by atomic mass is 32.2. The van der Waals surface area contributed by atoms with Crippen LogP contribution in [-0.2, 0) is 10.0 Å². The summed E-state index contributed by atoms with van der Waals surface area (Å²) in [5, 5.41) is 9.36. The Morgan fingerprint density at radius 2 is 1.94 bits per heavy atom. The number of β-amino-alcohol motifs (C(OH)–C–C–N with tert-alkyl or cyclic N) is 1. The lowest BCUT2D eigenvalue weighted by molar-refractivity contribution is 0.1000. The number of benzene rings is 1. The Hall–Kier alpha value is -1.44. The number of hydrogen-bond donors (Lipinski definition) is 2. The fourth-order valence-electron chi connectivity index (χ4n) is 1.87. The first-order valence-corrected chi connectivity index (χ1v) is 6.93. The van der Waals surface area contributed by atoms with E-state index in [4.69, 9.17) is 5.73 Å². The van der Waals surface area contributed by atoms with Gasteiger partial charge in [-0.25, -0.2) is 8.42 Å². The molecule has 1 aliphatic rings. The maximum atomic E-state index is 12.2. The molecule has 1 aromatic carbocycles. The van der Waals surface area contributed by atoms with E-state index in [1.165, 1.54) is 28.6 Å². The molecule has 6 nitrogen and oxygen atoms in total. The molecule has 1 aliphatic heterocycles. The molecule has 0 bridgehead atoms. The lowest BCUT2D eigenvalue weighted by Gasteiger charge is -2.15.